The van der Waals surface area contributed by atoms with Gasteiger partial charge in [0.05, 0.1) is 5.39 Å². The van der Waals surface area contributed by atoms with Gasteiger partial charge in [-0.05, 0) is 41.8 Å². The van der Waals surface area contributed by atoms with E-state index in [1.165, 1.54) is 25.7 Å². The Morgan fingerprint density at radius 2 is 2.28 bits per heavy atom. The molecule has 3 nitrogen and oxygen atoms in total. The maximum atomic E-state index is 5.97. The molecule has 1 aliphatic rings. The predicted molar refractivity (Wildman–Crippen MR) is 77.5 cm³/mol. The van der Waals surface area contributed by atoms with Crippen LogP contribution in [-0.2, 0) is 0 Å². The van der Waals surface area contributed by atoms with Crippen molar-refractivity contribution in [3.8, 4) is 0 Å². The van der Waals surface area contributed by atoms with Crippen LogP contribution in [-0.4, -0.2) is 16.0 Å². The minimum Gasteiger partial charge on any atom is -0.367 e. The van der Waals surface area contributed by atoms with Gasteiger partial charge in [-0.2, -0.15) is 0 Å². The zero-order valence-electron chi connectivity index (χ0n) is 10.3. The number of rotatable bonds is 2. The molecule has 0 amide bonds. The first-order valence-electron chi connectivity index (χ1n) is 6.39. The normalized spacial score (nSPS) is 24.3. The van der Waals surface area contributed by atoms with Crippen molar-refractivity contribution in [2.45, 2.75) is 38.6 Å². The largest absolute Gasteiger partial charge is 0.367 e. The van der Waals surface area contributed by atoms with Crippen LogP contribution in [0, 0.1) is 5.92 Å². The van der Waals surface area contributed by atoms with Gasteiger partial charge in [0.25, 0.3) is 0 Å². The van der Waals surface area contributed by atoms with Gasteiger partial charge in [0.15, 0.2) is 0 Å². The quantitative estimate of drug-likeness (QED) is 0.833. The van der Waals surface area contributed by atoms with Crippen LogP contribution < -0.4 is 5.32 Å². The molecule has 1 N–H and O–H groups in total. The lowest BCUT2D eigenvalue weighted by molar-refractivity contribution is 0.358. The van der Waals surface area contributed by atoms with Gasteiger partial charge in [-0.15, -0.1) is 11.3 Å². The summed E-state index contributed by atoms with van der Waals surface area (Å²) in [5.41, 5.74) is 0. The number of hydrogen-bond acceptors (Lipinski definition) is 4. The Balaban J connectivity index is 1.87. The van der Waals surface area contributed by atoms with Crippen LogP contribution in [0.5, 0.6) is 0 Å². The molecular weight excluding hydrogens is 266 g/mol. The first-order valence-corrected chi connectivity index (χ1v) is 7.65. The van der Waals surface area contributed by atoms with Crippen molar-refractivity contribution >= 4 is 39.0 Å². The minimum atomic E-state index is 0.330. The smallest absolute Gasteiger partial charge is 0.225 e. The van der Waals surface area contributed by atoms with E-state index in [1.54, 1.807) is 11.3 Å². The van der Waals surface area contributed by atoms with Crippen molar-refractivity contribution in [1.29, 1.82) is 0 Å². The van der Waals surface area contributed by atoms with Gasteiger partial charge in [0.1, 0.15) is 10.6 Å². The van der Waals surface area contributed by atoms with Crippen LogP contribution in [0.3, 0.4) is 0 Å². The lowest BCUT2D eigenvalue weighted by Gasteiger charge is -2.28. The summed E-state index contributed by atoms with van der Waals surface area (Å²) < 4.78 is 0. The van der Waals surface area contributed by atoms with Crippen LogP contribution in [0.4, 0.5) is 5.82 Å². The number of hydrogen-bond donors (Lipinski definition) is 1. The van der Waals surface area contributed by atoms with E-state index in [0.29, 0.717) is 11.3 Å². The lowest BCUT2D eigenvalue weighted by atomic mass is 9.87. The molecule has 2 aromatic heterocycles. The van der Waals surface area contributed by atoms with E-state index in [0.717, 1.165) is 22.0 Å². The second-order valence-corrected chi connectivity index (χ2v) is 6.33. The summed E-state index contributed by atoms with van der Waals surface area (Å²) in [4.78, 5) is 9.54. The maximum absolute atomic E-state index is 5.97. The number of nitrogens with zero attached hydrogens (tertiary/aromatic N) is 2. The number of thiophene rings is 1. The summed E-state index contributed by atoms with van der Waals surface area (Å²) >= 11 is 7.57. The van der Waals surface area contributed by atoms with E-state index in [9.17, 15) is 0 Å². The highest BCUT2D eigenvalue weighted by Gasteiger charge is 2.20. The van der Waals surface area contributed by atoms with Crippen molar-refractivity contribution in [2.24, 2.45) is 5.92 Å². The average Bonchev–Trinajstić information content (AvgIpc) is 2.77. The molecule has 2 atom stereocenters. The number of aromatic nitrogens is 2. The Morgan fingerprint density at radius 1 is 1.39 bits per heavy atom. The van der Waals surface area contributed by atoms with E-state index in [4.69, 9.17) is 11.6 Å². The topological polar surface area (TPSA) is 37.8 Å². The van der Waals surface area contributed by atoms with E-state index in [1.807, 2.05) is 5.38 Å². The van der Waals surface area contributed by atoms with Gasteiger partial charge in [0, 0.05) is 6.04 Å². The SMILES string of the molecule is CC1CCCC(Nc2nc(Cl)nc3sccc23)C1. The molecule has 2 unspecified atom stereocenters. The number of nitrogens with one attached hydrogen (secondary N) is 1. The summed E-state index contributed by atoms with van der Waals surface area (Å²) in [7, 11) is 0. The van der Waals surface area contributed by atoms with Crippen molar-refractivity contribution < 1.29 is 0 Å². The van der Waals surface area contributed by atoms with Gasteiger partial charge in [-0.3, -0.25) is 0 Å². The summed E-state index contributed by atoms with van der Waals surface area (Å²) in [6.45, 7) is 2.32. The summed E-state index contributed by atoms with van der Waals surface area (Å²) in [5.74, 6) is 1.69. The molecule has 0 radical (unpaired) electrons. The number of fused-ring (bicyclic) bond motifs is 1. The fraction of sp³-hybridized carbons (Fsp3) is 0.538. The van der Waals surface area contributed by atoms with E-state index in [2.05, 4.69) is 28.3 Å². The zero-order chi connectivity index (χ0) is 12.5. The highest BCUT2D eigenvalue weighted by Crippen LogP contribution is 2.30. The molecule has 0 spiro atoms. The fourth-order valence-electron chi connectivity index (χ4n) is 2.70. The van der Waals surface area contributed by atoms with E-state index < -0.39 is 0 Å². The molecule has 3 rings (SSSR count). The Morgan fingerprint density at radius 3 is 3.11 bits per heavy atom. The van der Waals surface area contributed by atoms with Crippen LogP contribution in [0.25, 0.3) is 10.2 Å². The molecule has 0 aromatic carbocycles. The molecule has 0 bridgehead atoms. The third-order valence-corrected chi connectivity index (χ3v) is 4.55. The predicted octanol–water partition coefficient (Wildman–Crippen LogP) is 4.34. The van der Waals surface area contributed by atoms with Crippen molar-refractivity contribution in [3.05, 3.63) is 16.7 Å². The van der Waals surface area contributed by atoms with Crippen LogP contribution in [0.2, 0.25) is 5.28 Å². The maximum Gasteiger partial charge on any atom is 0.225 e. The molecule has 2 aromatic rings. The Labute approximate surface area is 116 Å². The lowest BCUT2D eigenvalue weighted by Crippen LogP contribution is -2.26. The van der Waals surface area contributed by atoms with E-state index in [-0.39, 0.29) is 0 Å². The monoisotopic (exact) mass is 281 g/mol. The molecule has 18 heavy (non-hydrogen) atoms. The van der Waals surface area contributed by atoms with Crippen molar-refractivity contribution in [2.75, 3.05) is 5.32 Å². The van der Waals surface area contributed by atoms with Gasteiger partial charge < -0.3 is 5.32 Å². The summed E-state index contributed by atoms with van der Waals surface area (Å²) in [6.07, 6.45) is 5.08. The van der Waals surface area contributed by atoms with Gasteiger partial charge in [-0.1, -0.05) is 19.8 Å². The fourth-order valence-corrected chi connectivity index (χ4v) is 3.68. The van der Waals surface area contributed by atoms with Gasteiger partial charge in [-0.25, -0.2) is 9.97 Å². The Hall–Kier alpha value is -0.870. The molecule has 5 heteroatoms. The number of anilines is 1. The first-order chi connectivity index (χ1) is 8.72. The summed E-state index contributed by atoms with van der Waals surface area (Å²) in [6, 6.07) is 2.58. The molecule has 1 aliphatic carbocycles. The van der Waals surface area contributed by atoms with Gasteiger partial charge >= 0.3 is 0 Å². The zero-order valence-corrected chi connectivity index (χ0v) is 11.9. The molecular formula is C13H16ClN3S. The Kier molecular flexibility index (Phi) is 3.39. The molecule has 2 heterocycles. The van der Waals surface area contributed by atoms with Crippen LogP contribution >= 0.6 is 22.9 Å². The van der Waals surface area contributed by atoms with Crippen molar-refractivity contribution in [3.63, 3.8) is 0 Å². The molecule has 1 saturated carbocycles. The summed E-state index contributed by atoms with van der Waals surface area (Å²) in [5, 5.41) is 7.00. The second-order valence-electron chi connectivity index (χ2n) is 5.09. The Bertz CT molecular complexity index is 554. The third kappa shape index (κ3) is 2.45. The van der Waals surface area contributed by atoms with Crippen LogP contribution in [0.1, 0.15) is 32.6 Å². The highest BCUT2D eigenvalue weighted by molar-refractivity contribution is 7.16. The third-order valence-electron chi connectivity index (χ3n) is 3.58. The minimum absolute atomic E-state index is 0.330. The molecule has 96 valence electrons. The molecule has 0 saturated heterocycles. The van der Waals surface area contributed by atoms with Gasteiger partial charge in [0.2, 0.25) is 5.28 Å². The number of halogens is 1. The molecule has 1 fully saturated rings. The molecule has 0 aliphatic heterocycles. The van der Waals surface area contributed by atoms with Crippen LogP contribution in [0.15, 0.2) is 11.4 Å². The standard InChI is InChI=1S/C13H16ClN3S/c1-8-3-2-4-9(7-8)15-11-10-5-6-18-12(10)17-13(14)16-11/h5-6,8-9H,2-4,7H2,1H3,(H,15,16,17). The highest BCUT2D eigenvalue weighted by atomic mass is 35.5. The van der Waals surface area contributed by atoms with Crippen molar-refractivity contribution in [1.82, 2.24) is 9.97 Å². The second kappa shape index (κ2) is 5.02. The average molecular weight is 282 g/mol. The van der Waals surface area contributed by atoms with E-state index >= 15 is 0 Å². The first kappa shape index (κ1) is 12.2.